The summed E-state index contributed by atoms with van der Waals surface area (Å²) in [7, 11) is 0. The van der Waals surface area contributed by atoms with Crippen LogP contribution in [0.3, 0.4) is 0 Å². The van der Waals surface area contributed by atoms with Crippen molar-refractivity contribution in [2.75, 3.05) is 18.5 Å². The second-order valence-corrected chi connectivity index (χ2v) is 7.15. The number of nitrogens with one attached hydrogen (secondary N) is 2. The zero-order valence-electron chi connectivity index (χ0n) is 19.6. The van der Waals surface area contributed by atoms with Crippen molar-refractivity contribution in [2.45, 2.75) is 13.8 Å². The Morgan fingerprint density at radius 3 is 2.22 bits per heavy atom. The van der Waals surface area contributed by atoms with E-state index in [1.807, 2.05) is 6.92 Å². The number of carbonyl (C=O) groups is 3. The van der Waals surface area contributed by atoms with E-state index in [0.29, 0.717) is 35.8 Å². The van der Waals surface area contributed by atoms with Crippen molar-refractivity contribution in [3.8, 4) is 17.2 Å². The molecule has 0 atom stereocenters. The summed E-state index contributed by atoms with van der Waals surface area (Å²) in [5.41, 5.74) is 3.22. The average molecular weight is 493 g/mol. The third-order valence-corrected chi connectivity index (χ3v) is 4.56. The van der Waals surface area contributed by atoms with Gasteiger partial charge in [-0.2, -0.15) is 5.10 Å². The monoisotopic (exact) mass is 493 g/mol. The molecule has 2 amide bonds. The van der Waals surface area contributed by atoms with Crippen LogP contribution in [0.25, 0.3) is 0 Å². The van der Waals surface area contributed by atoms with Crippen LogP contribution in [0.1, 0.15) is 29.8 Å². The molecule has 0 bridgehead atoms. The van der Waals surface area contributed by atoms with Crippen LogP contribution in [0.5, 0.6) is 17.2 Å². The average Bonchev–Trinajstić information content (AvgIpc) is 2.87. The number of amides is 2. The van der Waals surface area contributed by atoms with Gasteiger partial charge in [-0.25, -0.2) is 14.6 Å². The van der Waals surface area contributed by atoms with Crippen molar-refractivity contribution in [2.24, 2.45) is 5.10 Å². The van der Waals surface area contributed by atoms with Crippen LogP contribution in [-0.2, 0) is 9.59 Å². The topological polar surface area (TPSA) is 115 Å². The lowest BCUT2D eigenvalue weighted by atomic mass is 10.2. The fourth-order valence-corrected chi connectivity index (χ4v) is 2.91. The fourth-order valence-electron chi connectivity index (χ4n) is 2.91. The number of benzene rings is 3. The lowest BCUT2D eigenvalue weighted by Gasteiger charge is -2.11. The molecule has 2 N–H and O–H groups in total. The standard InChI is InChI=1S/C26H24FN3O6/c1-3-34-21-12-6-18(7-13-21)26(33)36-22-14-5-17(15-23(22)35-4-2)16-28-30-25(32)24(31)29-20-10-8-19(27)9-11-20/h5-16H,3-4H2,1-2H3,(H,29,31)(H,30,32)/b28-16-. The third kappa shape index (κ3) is 7.39. The van der Waals surface area contributed by atoms with E-state index in [9.17, 15) is 18.8 Å². The molecule has 0 aliphatic carbocycles. The van der Waals surface area contributed by atoms with Gasteiger partial charge in [-0.3, -0.25) is 9.59 Å². The summed E-state index contributed by atoms with van der Waals surface area (Å²) in [4.78, 5) is 36.4. The summed E-state index contributed by atoms with van der Waals surface area (Å²) in [6.07, 6.45) is 1.30. The maximum atomic E-state index is 12.9. The van der Waals surface area contributed by atoms with E-state index in [2.05, 4.69) is 15.8 Å². The zero-order valence-corrected chi connectivity index (χ0v) is 19.6. The SMILES string of the molecule is CCOc1ccc(C(=O)Oc2ccc(/C=N\NC(=O)C(=O)Nc3ccc(F)cc3)cc2OCC)cc1. The van der Waals surface area contributed by atoms with Crippen LogP contribution in [-0.4, -0.2) is 37.2 Å². The Balaban J connectivity index is 1.62. The maximum Gasteiger partial charge on any atom is 0.343 e. The summed E-state index contributed by atoms with van der Waals surface area (Å²) in [5, 5.41) is 6.09. The molecule has 0 saturated heterocycles. The minimum absolute atomic E-state index is 0.204. The molecule has 0 aliphatic heterocycles. The largest absolute Gasteiger partial charge is 0.494 e. The van der Waals surface area contributed by atoms with Crippen LogP contribution < -0.4 is 25.0 Å². The third-order valence-electron chi connectivity index (χ3n) is 4.56. The summed E-state index contributed by atoms with van der Waals surface area (Å²) in [5.74, 6) is -1.87. The van der Waals surface area contributed by atoms with E-state index in [1.165, 1.54) is 24.4 Å². The number of hydrogen-bond donors (Lipinski definition) is 2. The molecule has 0 aromatic heterocycles. The summed E-state index contributed by atoms with van der Waals surface area (Å²) >= 11 is 0. The van der Waals surface area contributed by atoms with E-state index in [4.69, 9.17) is 14.2 Å². The highest BCUT2D eigenvalue weighted by Crippen LogP contribution is 2.29. The number of hydrazone groups is 1. The van der Waals surface area contributed by atoms with Gasteiger partial charge in [0.1, 0.15) is 11.6 Å². The van der Waals surface area contributed by atoms with E-state index in [1.54, 1.807) is 43.3 Å². The fraction of sp³-hybridized carbons (Fsp3) is 0.154. The second kappa shape index (κ2) is 12.7. The van der Waals surface area contributed by atoms with Crippen LogP contribution >= 0.6 is 0 Å². The number of nitrogens with zero attached hydrogens (tertiary/aromatic N) is 1. The molecule has 0 fully saturated rings. The Morgan fingerprint density at radius 2 is 1.56 bits per heavy atom. The lowest BCUT2D eigenvalue weighted by molar-refractivity contribution is -0.136. The number of carbonyl (C=O) groups excluding carboxylic acids is 3. The van der Waals surface area contributed by atoms with Gasteiger partial charge in [0.25, 0.3) is 0 Å². The number of anilines is 1. The minimum atomic E-state index is -1.01. The molecule has 186 valence electrons. The minimum Gasteiger partial charge on any atom is -0.494 e. The van der Waals surface area contributed by atoms with E-state index >= 15 is 0 Å². The second-order valence-electron chi connectivity index (χ2n) is 7.15. The first-order valence-corrected chi connectivity index (χ1v) is 11.0. The van der Waals surface area contributed by atoms with Crippen molar-refractivity contribution < 1.29 is 33.0 Å². The molecule has 0 saturated carbocycles. The van der Waals surface area contributed by atoms with Gasteiger partial charge in [0.2, 0.25) is 0 Å². The molecule has 36 heavy (non-hydrogen) atoms. The molecule has 3 rings (SSSR count). The quantitative estimate of drug-likeness (QED) is 0.153. The smallest absolute Gasteiger partial charge is 0.343 e. The van der Waals surface area contributed by atoms with Gasteiger partial charge >= 0.3 is 17.8 Å². The lowest BCUT2D eigenvalue weighted by Crippen LogP contribution is -2.32. The Bertz CT molecular complexity index is 1240. The highest BCUT2D eigenvalue weighted by atomic mass is 19.1. The first-order valence-electron chi connectivity index (χ1n) is 11.0. The van der Waals surface area contributed by atoms with Crippen LogP contribution in [0.15, 0.2) is 71.8 Å². The molecule has 0 radical (unpaired) electrons. The number of halogens is 1. The van der Waals surface area contributed by atoms with E-state index < -0.39 is 23.6 Å². The number of hydrogen-bond acceptors (Lipinski definition) is 7. The van der Waals surface area contributed by atoms with Crippen molar-refractivity contribution in [1.29, 1.82) is 0 Å². The molecular weight excluding hydrogens is 469 g/mol. The Hall–Kier alpha value is -4.73. The number of ether oxygens (including phenoxy) is 3. The number of rotatable bonds is 9. The molecule has 3 aromatic carbocycles. The molecule has 10 heteroatoms. The molecule has 9 nitrogen and oxygen atoms in total. The predicted octanol–water partition coefficient (Wildman–Crippen LogP) is 3.93. The van der Waals surface area contributed by atoms with Crippen LogP contribution in [0.4, 0.5) is 10.1 Å². The maximum absolute atomic E-state index is 12.9. The van der Waals surface area contributed by atoms with Crippen molar-refractivity contribution in [1.82, 2.24) is 5.43 Å². The Labute approximate surface area is 206 Å². The molecule has 0 spiro atoms. The van der Waals surface area contributed by atoms with Gasteiger partial charge in [0.05, 0.1) is 25.0 Å². The molecular formula is C26H24FN3O6. The highest BCUT2D eigenvalue weighted by Gasteiger charge is 2.15. The molecule has 0 unspecified atom stereocenters. The highest BCUT2D eigenvalue weighted by molar-refractivity contribution is 6.39. The number of esters is 1. The van der Waals surface area contributed by atoms with Crippen molar-refractivity contribution in [3.05, 3.63) is 83.7 Å². The van der Waals surface area contributed by atoms with E-state index in [0.717, 1.165) is 12.1 Å². The molecule has 0 aliphatic rings. The Morgan fingerprint density at radius 1 is 0.861 bits per heavy atom. The van der Waals surface area contributed by atoms with Crippen molar-refractivity contribution >= 4 is 29.7 Å². The van der Waals surface area contributed by atoms with Gasteiger partial charge in [-0.1, -0.05) is 0 Å². The van der Waals surface area contributed by atoms with Crippen LogP contribution in [0.2, 0.25) is 0 Å². The van der Waals surface area contributed by atoms with Gasteiger partial charge in [-0.05, 0) is 86.1 Å². The summed E-state index contributed by atoms with van der Waals surface area (Å²) < 4.78 is 29.4. The molecule has 0 heterocycles. The zero-order chi connectivity index (χ0) is 25.9. The summed E-state index contributed by atoms with van der Waals surface area (Å²) in [6.45, 7) is 4.48. The predicted molar refractivity (Wildman–Crippen MR) is 131 cm³/mol. The first-order chi connectivity index (χ1) is 17.4. The first kappa shape index (κ1) is 25.9. The molecule has 3 aromatic rings. The normalized spacial score (nSPS) is 10.5. The van der Waals surface area contributed by atoms with Gasteiger partial charge < -0.3 is 19.5 Å². The van der Waals surface area contributed by atoms with Crippen molar-refractivity contribution in [3.63, 3.8) is 0 Å². The Kier molecular flexibility index (Phi) is 9.10. The summed E-state index contributed by atoms with van der Waals surface area (Å²) in [6, 6.07) is 16.2. The van der Waals surface area contributed by atoms with Gasteiger partial charge in [0.15, 0.2) is 11.5 Å². The van der Waals surface area contributed by atoms with Gasteiger partial charge in [0, 0.05) is 5.69 Å². The van der Waals surface area contributed by atoms with Crippen LogP contribution in [0, 0.1) is 5.82 Å². The van der Waals surface area contributed by atoms with E-state index in [-0.39, 0.29) is 11.4 Å². The van der Waals surface area contributed by atoms with Gasteiger partial charge in [-0.15, -0.1) is 0 Å².